The number of nitriles is 1. The number of anilines is 1. The average molecular weight is 342 g/mol. The van der Waals surface area contributed by atoms with Gasteiger partial charge in [0.1, 0.15) is 0 Å². The van der Waals surface area contributed by atoms with Crippen LogP contribution in [0.25, 0.3) is 11.3 Å². The number of aromatic nitrogens is 2. The van der Waals surface area contributed by atoms with Crippen molar-refractivity contribution in [2.24, 2.45) is 0 Å². The molecule has 1 atom stereocenters. The summed E-state index contributed by atoms with van der Waals surface area (Å²) in [5.74, 6) is 0.812. The van der Waals surface area contributed by atoms with Gasteiger partial charge in [-0.15, -0.1) is 10.2 Å². The Labute approximate surface area is 147 Å². The van der Waals surface area contributed by atoms with E-state index >= 15 is 0 Å². The summed E-state index contributed by atoms with van der Waals surface area (Å²) in [5, 5.41) is 22.0. The van der Waals surface area contributed by atoms with Crippen LogP contribution >= 0.6 is 11.6 Å². The van der Waals surface area contributed by atoms with Gasteiger partial charge in [0.2, 0.25) is 0 Å². The van der Waals surface area contributed by atoms with E-state index in [1.54, 1.807) is 12.1 Å². The maximum atomic E-state index is 9.30. The van der Waals surface area contributed by atoms with E-state index in [4.69, 9.17) is 11.6 Å². The Morgan fingerprint density at radius 2 is 2.17 bits per heavy atom. The number of halogens is 1. The van der Waals surface area contributed by atoms with Gasteiger partial charge >= 0.3 is 0 Å². The van der Waals surface area contributed by atoms with Crippen LogP contribution in [0.15, 0.2) is 24.3 Å². The van der Waals surface area contributed by atoms with Crippen LogP contribution in [0.2, 0.25) is 5.02 Å². The van der Waals surface area contributed by atoms with Crippen LogP contribution in [0.4, 0.5) is 5.82 Å². The molecule has 24 heavy (non-hydrogen) atoms. The number of benzene rings is 1. The number of likely N-dealkylation sites (tertiary alicyclic amines) is 1. The van der Waals surface area contributed by atoms with Crippen LogP contribution in [0.1, 0.15) is 24.0 Å². The normalized spacial score (nSPS) is 18.2. The molecule has 0 spiro atoms. The summed E-state index contributed by atoms with van der Waals surface area (Å²) < 4.78 is 0. The second-order valence-corrected chi connectivity index (χ2v) is 6.75. The van der Waals surface area contributed by atoms with Crippen molar-refractivity contribution in [2.45, 2.75) is 25.8 Å². The minimum Gasteiger partial charge on any atom is -0.364 e. The minimum absolute atomic E-state index is 0.396. The van der Waals surface area contributed by atoms with Crippen molar-refractivity contribution in [1.29, 1.82) is 5.26 Å². The summed E-state index contributed by atoms with van der Waals surface area (Å²) in [6.45, 7) is 4.17. The quantitative estimate of drug-likeness (QED) is 0.925. The number of likely N-dealkylation sites (N-methyl/N-ethyl adjacent to an activating group) is 1. The summed E-state index contributed by atoms with van der Waals surface area (Å²) in [4.78, 5) is 2.32. The lowest BCUT2D eigenvalue weighted by Gasteiger charge is -2.30. The van der Waals surface area contributed by atoms with Gasteiger partial charge in [0.25, 0.3) is 0 Å². The molecule has 2 aromatic rings. The summed E-state index contributed by atoms with van der Waals surface area (Å²) in [5.41, 5.74) is 2.96. The first-order valence-electron chi connectivity index (χ1n) is 8.06. The third-order valence-corrected chi connectivity index (χ3v) is 4.56. The first kappa shape index (κ1) is 16.7. The maximum Gasteiger partial charge on any atom is 0.151 e. The molecule has 5 nitrogen and oxygen atoms in total. The molecule has 0 radical (unpaired) electrons. The zero-order chi connectivity index (χ0) is 17.1. The number of piperidine rings is 1. The second-order valence-electron chi connectivity index (χ2n) is 6.31. The molecule has 1 aromatic heterocycles. The van der Waals surface area contributed by atoms with E-state index in [9.17, 15) is 5.26 Å². The number of aryl methyl sites for hydroxylation is 1. The Morgan fingerprint density at radius 3 is 2.88 bits per heavy atom. The van der Waals surface area contributed by atoms with Gasteiger partial charge in [0.05, 0.1) is 17.3 Å². The van der Waals surface area contributed by atoms with Crippen LogP contribution < -0.4 is 5.32 Å². The Kier molecular flexibility index (Phi) is 4.98. The zero-order valence-corrected chi connectivity index (χ0v) is 14.6. The predicted octanol–water partition coefficient (Wildman–Crippen LogP) is 3.48. The van der Waals surface area contributed by atoms with Crippen LogP contribution in [0.5, 0.6) is 0 Å². The van der Waals surface area contributed by atoms with E-state index in [0.717, 1.165) is 36.5 Å². The fourth-order valence-corrected chi connectivity index (χ4v) is 3.24. The number of hydrogen-bond donors (Lipinski definition) is 1. The molecule has 1 saturated heterocycles. The molecule has 0 unspecified atom stereocenters. The van der Waals surface area contributed by atoms with Gasteiger partial charge in [0.15, 0.2) is 5.82 Å². The van der Waals surface area contributed by atoms with Crippen molar-refractivity contribution in [1.82, 2.24) is 15.1 Å². The second kappa shape index (κ2) is 7.16. The van der Waals surface area contributed by atoms with Gasteiger partial charge in [-0.25, -0.2) is 0 Å². The van der Waals surface area contributed by atoms with Crippen molar-refractivity contribution < 1.29 is 0 Å². The fourth-order valence-electron chi connectivity index (χ4n) is 3.07. The van der Waals surface area contributed by atoms with Gasteiger partial charge in [0, 0.05) is 23.2 Å². The molecule has 2 heterocycles. The number of nitrogens with one attached hydrogen (secondary N) is 1. The molecular formula is C18H20ClN5. The van der Waals surface area contributed by atoms with Gasteiger partial charge in [-0.05, 0) is 63.2 Å². The SMILES string of the molecule is Cc1cc(-c2ccc(Cl)cc2C#N)nnc1N[C@@H]1CCCN(C)C1. The molecule has 0 aliphatic carbocycles. The molecule has 1 fully saturated rings. The molecule has 1 N–H and O–H groups in total. The smallest absolute Gasteiger partial charge is 0.151 e. The molecule has 1 aromatic carbocycles. The van der Waals surface area contributed by atoms with Gasteiger partial charge < -0.3 is 10.2 Å². The lowest BCUT2D eigenvalue weighted by atomic mass is 10.0. The van der Waals surface area contributed by atoms with E-state index in [2.05, 4.69) is 33.5 Å². The number of rotatable bonds is 3. The van der Waals surface area contributed by atoms with Crippen molar-refractivity contribution in [3.8, 4) is 17.3 Å². The average Bonchev–Trinajstić information content (AvgIpc) is 2.56. The molecule has 0 saturated carbocycles. The van der Waals surface area contributed by atoms with Crippen molar-refractivity contribution in [3.63, 3.8) is 0 Å². The van der Waals surface area contributed by atoms with Crippen LogP contribution in [-0.2, 0) is 0 Å². The summed E-state index contributed by atoms with van der Waals surface area (Å²) in [6.07, 6.45) is 2.33. The molecule has 1 aliphatic heterocycles. The van der Waals surface area contributed by atoms with Crippen LogP contribution in [-0.4, -0.2) is 41.3 Å². The first-order chi connectivity index (χ1) is 11.6. The zero-order valence-electron chi connectivity index (χ0n) is 13.9. The van der Waals surface area contributed by atoms with E-state index in [1.807, 2.05) is 19.1 Å². The highest BCUT2D eigenvalue weighted by Crippen LogP contribution is 2.26. The van der Waals surface area contributed by atoms with Crippen molar-refractivity contribution >= 4 is 17.4 Å². The van der Waals surface area contributed by atoms with E-state index in [1.165, 1.54) is 6.42 Å². The largest absolute Gasteiger partial charge is 0.364 e. The van der Waals surface area contributed by atoms with Crippen molar-refractivity contribution in [3.05, 3.63) is 40.4 Å². The lowest BCUT2D eigenvalue weighted by molar-refractivity contribution is 0.260. The molecule has 0 bridgehead atoms. The van der Waals surface area contributed by atoms with Crippen molar-refractivity contribution in [2.75, 3.05) is 25.5 Å². The molecule has 6 heteroatoms. The number of hydrogen-bond acceptors (Lipinski definition) is 5. The Morgan fingerprint density at radius 1 is 1.33 bits per heavy atom. The maximum absolute atomic E-state index is 9.30. The third kappa shape index (κ3) is 3.66. The Bertz CT molecular complexity index is 783. The summed E-state index contributed by atoms with van der Waals surface area (Å²) in [7, 11) is 2.14. The highest BCUT2D eigenvalue weighted by molar-refractivity contribution is 6.30. The topological polar surface area (TPSA) is 64.8 Å². The van der Waals surface area contributed by atoms with Crippen LogP contribution in [0.3, 0.4) is 0 Å². The number of nitrogens with zero attached hydrogens (tertiary/aromatic N) is 4. The minimum atomic E-state index is 0.396. The van der Waals surface area contributed by atoms with Gasteiger partial charge in [-0.1, -0.05) is 11.6 Å². The highest BCUT2D eigenvalue weighted by atomic mass is 35.5. The molecule has 124 valence electrons. The predicted molar refractivity (Wildman–Crippen MR) is 96.1 cm³/mol. The standard InChI is InChI=1S/C18H20ClN5/c1-12-8-17(16-6-5-14(19)9-13(16)10-20)22-23-18(12)21-15-4-3-7-24(2)11-15/h5-6,8-9,15H,3-4,7,11H2,1-2H3,(H,21,23)/t15-/m1/s1. The fraction of sp³-hybridized carbons (Fsp3) is 0.389. The van der Waals surface area contributed by atoms with E-state index in [-0.39, 0.29) is 0 Å². The molecule has 1 aliphatic rings. The van der Waals surface area contributed by atoms with E-state index in [0.29, 0.717) is 22.3 Å². The Balaban J connectivity index is 1.84. The third-order valence-electron chi connectivity index (χ3n) is 4.33. The highest BCUT2D eigenvalue weighted by Gasteiger charge is 2.18. The monoisotopic (exact) mass is 341 g/mol. The van der Waals surface area contributed by atoms with Gasteiger partial charge in [-0.2, -0.15) is 5.26 Å². The Hall–Kier alpha value is -2.16. The molecule has 3 rings (SSSR count). The lowest BCUT2D eigenvalue weighted by Crippen LogP contribution is -2.40. The molecular weight excluding hydrogens is 322 g/mol. The first-order valence-corrected chi connectivity index (χ1v) is 8.44. The molecule has 0 amide bonds. The summed E-state index contributed by atoms with van der Waals surface area (Å²) >= 11 is 5.96. The van der Waals surface area contributed by atoms with E-state index < -0.39 is 0 Å². The summed E-state index contributed by atoms with van der Waals surface area (Å²) in [6, 6.07) is 9.75. The van der Waals surface area contributed by atoms with Crippen LogP contribution in [0, 0.1) is 18.3 Å². The van der Waals surface area contributed by atoms with Gasteiger partial charge in [-0.3, -0.25) is 0 Å².